The zero-order valence-corrected chi connectivity index (χ0v) is 14.2. The van der Waals surface area contributed by atoms with Gasteiger partial charge in [-0.25, -0.2) is 14.0 Å². The minimum Gasteiger partial charge on any atom is -0.478 e. The number of hydrogen-bond donors (Lipinski definition) is 3. The Bertz CT molecular complexity index is 837. The molecule has 2 aromatic rings. The molecule has 1 aromatic carbocycles. The summed E-state index contributed by atoms with van der Waals surface area (Å²) in [5.41, 5.74) is 2.87. The lowest BCUT2D eigenvalue weighted by molar-refractivity contribution is -0.134. The molecule has 0 spiro atoms. The third kappa shape index (κ3) is 5.29. The second-order valence-corrected chi connectivity index (χ2v) is 5.71. The lowest BCUT2D eigenvalue weighted by atomic mass is 9.95. The number of aliphatic carboxylic acids is 2. The van der Waals surface area contributed by atoms with Crippen molar-refractivity contribution in [1.82, 2.24) is 5.32 Å². The van der Waals surface area contributed by atoms with Gasteiger partial charge in [0.1, 0.15) is 11.4 Å². The molecule has 0 aliphatic carbocycles. The molecule has 1 atom stereocenters. The van der Waals surface area contributed by atoms with Crippen molar-refractivity contribution in [2.24, 2.45) is 0 Å². The molecule has 26 heavy (non-hydrogen) atoms. The first kappa shape index (κ1) is 19.4. The molecule has 0 saturated carbocycles. The molecule has 1 aromatic heterocycles. The Morgan fingerprint density at radius 1 is 1.31 bits per heavy atom. The fourth-order valence-corrected chi connectivity index (χ4v) is 2.69. The third-order valence-electron chi connectivity index (χ3n) is 3.87. The van der Waals surface area contributed by atoms with Gasteiger partial charge in [0.25, 0.3) is 0 Å². The van der Waals surface area contributed by atoms with Gasteiger partial charge in [0.15, 0.2) is 0 Å². The summed E-state index contributed by atoms with van der Waals surface area (Å²) >= 11 is 0. The van der Waals surface area contributed by atoms with Gasteiger partial charge in [-0.15, -0.1) is 0 Å². The summed E-state index contributed by atoms with van der Waals surface area (Å²) in [4.78, 5) is 19.1. The average Bonchev–Trinajstić information content (AvgIpc) is 3.08. The molecule has 3 rings (SSSR count). The number of hydrogen-bond acceptors (Lipinski definition) is 4. The van der Waals surface area contributed by atoms with Crippen LogP contribution in [0.25, 0.3) is 16.5 Å². The van der Waals surface area contributed by atoms with Gasteiger partial charge in [-0.05, 0) is 43.2 Å². The van der Waals surface area contributed by atoms with Crippen molar-refractivity contribution in [3.8, 4) is 0 Å². The van der Waals surface area contributed by atoms with E-state index in [0.717, 1.165) is 35.9 Å². The van der Waals surface area contributed by atoms with Crippen molar-refractivity contribution in [2.75, 3.05) is 6.54 Å². The van der Waals surface area contributed by atoms with Gasteiger partial charge in [-0.3, -0.25) is 0 Å². The van der Waals surface area contributed by atoms with Gasteiger partial charge in [0.2, 0.25) is 0 Å². The summed E-state index contributed by atoms with van der Waals surface area (Å²) in [6, 6.07) is 5.28. The maximum absolute atomic E-state index is 13.6. The zero-order valence-electron chi connectivity index (χ0n) is 14.2. The van der Waals surface area contributed by atoms with Gasteiger partial charge in [-0.2, -0.15) is 0 Å². The number of carbonyl (C=O) groups is 2. The molecule has 0 radical (unpaired) electrons. The molecule has 0 amide bonds. The molecule has 6 nitrogen and oxygen atoms in total. The molecule has 2 heterocycles. The molecular weight excluding hydrogens is 341 g/mol. The fraction of sp³-hybridized carbons (Fsp3) is 0.263. The predicted molar refractivity (Wildman–Crippen MR) is 95.3 cm³/mol. The quantitative estimate of drug-likeness (QED) is 0.722. The van der Waals surface area contributed by atoms with Crippen LogP contribution in [0.15, 0.2) is 47.1 Å². The number of benzene rings is 1. The van der Waals surface area contributed by atoms with Crippen LogP contribution in [0.4, 0.5) is 4.39 Å². The summed E-state index contributed by atoms with van der Waals surface area (Å²) in [6.07, 6.45) is 6.88. The van der Waals surface area contributed by atoms with Crippen LogP contribution in [0.3, 0.4) is 0 Å². The van der Waals surface area contributed by atoms with Crippen LogP contribution in [0.5, 0.6) is 0 Å². The normalized spacial score (nSPS) is 16.8. The summed E-state index contributed by atoms with van der Waals surface area (Å²) in [5, 5.41) is 19.9. The number of nitrogens with one attached hydrogen (secondary N) is 1. The SMILES string of the molecule is CCC1C=C(c2cc(F)cc3ccoc23)CCN1.O=C(O)C=CC(=O)O. The number of halogens is 1. The molecular formula is C19H20FNO5. The Kier molecular flexibility index (Phi) is 6.68. The molecule has 138 valence electrons. The molecule has 0 bridgehead atoms. The van der Waals surface area contributed by atoms with Gasteiger partial charge in [-0.1, -0.05) is 13.0 Å². The van der Waals surface area contributed by atoms with E-state index in [1.807, 2.05) is 0 Å². The van der Waals surface area contributed by atoms with Crippen molar-refractivity contribution in [1.29, 1.82) is 0 Å². The largest absolute Gasteiger partial charge is 0.478 e. The van der Waals surface area contributed by atoms with Crippen molar-refractivity contribution < 1.29 is 28.6 Å². The highest BCUT2D eigenvalue weighted by Gasteiger charge is 2.16. The second-order valence-electron chi connectivity index (χ2n) is 5.71. The second kappa shape index (κ2) is 8.96. The minimum absolute atomic E-state index is 0.202. The monoisotopic (exact) mass is 361 g/mol. The molecule has 1 aliphatic heterocycles. The van der Waals surface area contributed by atoms with E-state index >= 15 is 0 Å². The Morgan fingerprint density at radius 3 is 2.62 bits per heavy atom. The Hall–Kier alpha value is -2.93. The summed E-state index contributed by atoms with van der Waals surface area (Å²) in [5.74, 6) is -2.72. The van der Waals surface area contributed by atoms with Gasteiger partial charge >= 0.3 is 11.9 Å². The molecule has 0 fully saturated rings. The highest BCUT2D eigenvalue weighted by Crippen LogP contribution is 2.30. The van der Waals surface area contributed by atoms with E-state index in [1.165, 1.54) is 11.6 Å². The van der Waals surface area contributed by atoms with Crippen LogP contribution >= 0.6 is 0 Å². The Morgan fingerprint density at radius 2 is 2.00 bits per heavy atom. The minimum atomic E-state index is -1.26. The smallest absolute Gasteiger partial charge is 0.328 e. The topological polar surface area (TPSA) is 99.8 Å². The zero-order chi connectivity index (χ0) is 19.1. The average molecular weight is 361 g/mol. The number of rotatable bonds is 4. The lowest BCUT2D eigenvalue weighted by Gasteiger charge is -2.22. The number of fused-ring (bicyclic) bond motifs is 1. The maximum Gasteiger partial charge on any atom is 0.328 e. The van der Waals surface area contributed by atoms with Crippen LogP contribution in [0.1, 0.15) is 25.3 Å². The van der Waals surface area contributed by atoms with Crippen molar-refractivity contribution in [3.63, 3.8) is 0 Å². The van der Waals surface area contributed by atoms with Crippen LogP contribution < -0.4 is 5.32 Å². The van der Waals surface area contributed by atoms with E-state index in [2.05, 4.69) is 18.3 Å². The maximum atomic E-state index is 13.6. The summed E-state index contributed by atoms with van der Waals surface area (Å²) in [7, 11) is 0. The highest BCUT2D eigenvalue weighted by molar-refractivity contribution is 5.90. The molecule has 7 heteroatoms. The summed E-state index contributed by atoms with van der Waals surface area (Å²) in [6.45, 7) is 3.08. The first-order chi connectivity index (χ1) is 12.4. The molecule has 1 aliphatic rings. The first-order valence-electron chi connectivity index (χ1n) is 8.15. The predicted octanol–water partition coefficient (Wildman–Crippen LogP) is 3.44. The number of carboxylic acids is 2. The van der Waals surface area contributed by atoms with E-state index in [9.17, 15) is 14.0 Å². The van der Waals surface area contributed by atoms with Crippen LogP contribution in [0.2, 0.25) is 0 Å². The van der Waals surface area contributed by atoms with E-state index in [0.29, 0.717) is 18.2 Å². The lowest BCUT2D eigenvalue weighted by Crippen LogP contribution is -2.31. The molecule has 1 unspecified atom stereocenters. The first-order valence-corrected chi connectivity index (χ1v) is 8.15. The molecule has 3 N–H and O–H groups in total. The van der Waals surface area contributed by atoms with E-state index < -0.39 is 11.9 Å². The van der Waals surface area contributed by atoms with E-state index in [-0.39, 0.29) is 5.82 Å². The Labute approximate surface area is 149 Å². The van der Waals surface area contributed by atoms with Crippen molar-refractivity contribution in [2.45, 2.75) is 25.8 Å². The van der Waals surface area contributed by atoms with Gasteiger partial charge < -0.3 is 19.9 Å². The Balaban J connectivity index is 0.000000260. The van der Waals surface area contributed by atoms with Gasteiger partial charge in [0, 0.05) is 29.1 Å². The van der Waals surface area contributed by atoms with Crippen LogP contribution in [0, 0.1) is 5.82 Å². The van der Waals surface area contributed by atoms with Crippen molar-refractivity contribution >= 4 is 28.5 Å². The van der Waals surface area contributed by atoms with Crippen LogP contribution in [-0.2, 0) is 9.59 Å². The number of carboxylic acid groups (broad SMARTS) is 2. The fourth-order valence-electron chi connectivity index (χ4n) is 2.69. The van der Waals surface area contributed by atoms with E-state index in [4.69, 9.17) is 14.6 Å². The summed E-state index contributed by atoms with van der Waals surface area (Å²) < 4.78 is 19.1. The highest BCUT2D eigenvalue weighted by atomic mass is 19.1. The van der Waals surface area contributed by atoms with Gasteiger partial charge in [0.05, 0.1) is 6.26 Å². The van der Waals surface area contributed by atoms with Crippen molar-refractivity contribution in [3.05, 3.63) is 54.1 Å². The molecule has 0 saturated heterocycles. The van der Waals surface area contributed by atoms with Crippen LogP contribution in [-0.4, -0.2) is 34.7 Å². The number of furan rings is 1. The standard InChI is InChI=1S/C15H16FNO.C4H4O4/c1-2-13-8-10(3-5-17-13)14-9-12(16)7-11-4-6-18-15(11)14;5-3(6)1-2-4(7)8/h4,6-9,13,17H,2-3,5H2,1H3;1-2H,(H,5,6)(H,7,8). The third-order valence-corrected chi connectivity index (χ3v) is 3.87. The van der Waals surface area contributed by atoms with E-state index in [1.54, 1.807) is 18.4 Å².